The van der Waals surface area contributed by atoms with Gasteiger partial charge in [0, 0.05) is 12.6 Å². The molecule has 0 spiro atoms. The van der Waals surface area contributed by atoms with Crippen molar-refractivity contribution < 1.29 is 14.0 Å². The number of imide groups is 1. The summed E-state index contributed by atoms with van der Waals surface area (Å²) in [4.78, 5) is 25.0. The van der Waals surface area contributed by atoms with Crippen molar-refractivity contribution in [1.82, 2.24) is 10.2 Å². The largest absolute Gasteiger partial charge is 0.301 e. The molecule has 1 N–H and O–H groups in total. The molecule has 1 aromatic rings. The Morgan fingerprint density at radius 3 is 2.47 bits per heavy atom. The monoisotopic (exact) mass is 264 g/mol. The highest BCUT2D eigenvalue weighted by Gasteiger charge is 2.39. The Balaban J connectivity index is 1.96. The predicted molar refractivity (Wildman–Crippen MR) is 68.6 cm³/mol. The zero-order valence-corrected chi connectivity index (χ0v) is 11.0. The maximum Gasteiger partial charge on any atom is 0.247 e. The lowest BCUT2D eigenvalue weighted by Gasteiger charge is -2.19. The molecule has 4 nitrogen and oxygen atoms in total. The molecule has 1 aliphatic heterocycles. The summed E-state index contributed by atoms with van der Waals surface area (Å²) in [6.45, 7) is 4.08. The van der Waals surface area contributed by atoms with E-state index < -0.39 is 6.04 Å². The van der Waals surface area contributed by atoms with E-state index in [0.717, 1.165) is 5.56 Å². The van der Waals surface area contributed by atoms with E-state index in [9.17, 15) is 14.0 Å². The molecule has 1 saturated heterocycles. The van der Waals surface area contributed by atoms with E-state index in [4.69, 9.17) is 0 Å². The van der Waals surface area contributed by atoms with Crippen LogP contribution in [0.15, 0.2) is 24.3 Å². The zero-order valence-electron chi connectivity index (χ0n) is 11.0. The lowest BCUT2D eigenvalue weighted by molar-refractivity contribution is -0.140. The highest BCUT2D eigenvalue weighted by atomic mass is 19.1. The number of nitrogens with one attached hydrogen (secondary N) is 1. The van der Waals surface area contributed by atoms with E-state index in [1.54, 1.807) is 12.1 Å². The van der Waals surface area contributed by atoms with Crippen molar-refractivity contribution in [1.29, 1.82) is 0 Å². The van der Waals surface area contributed by atoms with Crippen LogP contribution in [-0.4, -0.2) is 28.8 Å². The Kier molecular flexibility index (Phi) is 3.95. The first-order chi connectivity index (χ1) is 8.99. The van der Waals surface area contributed by atoms with Crippen LogP contribution in [0, 0.1) is 5.82 Å². The second-order valence-electron chi connectivity index (χ2n) is 4.96. The average molecular weight is 264 g/mol. The van der Waals surface area contributed by atoms with Gasteiger partial charge in [0.2, 0.25) is 11.8 Å². The van der Waals surface area contributed by atoms with Crippen LogP contribution in [0.5, 0.6) is 0 Å². The summed E-state index contributed by atoms with van der Waals surface area (Å²) in [5, 5.41) is 3.05. The molecule has 1 heterocycles. The lowest BCUT2D eigenvalue weighted by Crippen LogP contribution is -2.41. The quantitative estimate of drug-likeness (QED) is 0.837. The Morgan fingerprint density at radius 1 is 1.32 bits per heavy atom. The molecule has 0 aliphatic carbocycles. The van der Waals surface area contributed by atoms with Crippen molar-refractivity contribution in [3.63, 3.8) is 0 Å². The summed E-state index contributed by atoms with van der Waals surface area (Å²) >= 11 is 0. The van der Waals surface area contributed by atoms with Gasteiger partial charge in [-0.25, -0.2) is 4.39 Å². The molecular weight excluding hydrogens is 247 g/mol. The molecule has 5 heteroatoms. The van der Waals surface area contributed by atoms with Gasteiger partial charge in [-0.2, -0.15) is 0 Å². The fraction of sp³-hybridized carbons (Fsp3) is 0.429. The SMILES string of the molecule is CC(C)N1C(=O)CC(NCc2ccc(F)cc2)C1=O. The minimum Gasteiger partial charge on any atom is -0.301 e. The molecular formula is C14H17FN2O2. The highest BCUT2D eigenvalue weighted by Crippen LogP contribution is 2.16. The summed E-state index contributed by atoms with van der Waals surface area (Å²) in [6, 6.07) is 5.48. The molecule has 1 aliphatic rings. The van der Waals surface area contributed by atoms with Crippen LogP contribution in [-0.2, 0) is 16.1 Å². The topological polar surface area (TPSA) is 49.4 Å². The van der Waals surface area contributed by atoms with Gasteiger partial charge in [0.15, 0.2) is 0 Å². The minimum absolute atomic E-state index is 0.113. The normalized spacial score (nSPS) is 19.6. The summed E-state index contributed by atoms with van der Waals surface area (Å²) in [7, 11) is 0. The van der Waals surface area contributed by atoms with Crippen LogP contribution in [0.3, 0.4) is 0 Å². The maximum atomic E-state index is 12.8. The summed E-state index contributed by atoms with van der Waals surface area (Å²) in [5.41, 5.74) is 0.879. The van der Waals surface area contributed by atoms with Crippen LogP contribution in [0.2, 0.25) is 0 Å². The zero-order chi connectivity index (χ0) is 14.0. The third kappa shape index (κ3) is 2.98. The van der Waals surface area contributed by atoms with Crippen LogP contribution in [0.25, 0.3) is 0 Å². The smallest absolute Gasteiger partial charge is 0.247 e. The van der Waals surface area contributed by atoms with Crippen molar-refractivity contribution in [3.8, 4) is 0 Å². The molecule has 0 radical (unpaired) electrons. The molecule has 2 amide bonds. The van der Waals surface area contributed by atoms with Gasteiger partial charge in [0.05, 0.1) is 12.5 Å². The van der Waals surface area contributed by atoms with Gasteiger partial charge in [-0.3, -0.25) is 14.5 Å². The molecule has 1 atom stereocenters. The van der Waals surface area contributed by atoms with Crippen molar-refractivity contribution in [3.05, 3.63) is 35.6 Å². The molecule has 0 saturated carbocycles. The van der Waals surface area contributed by atoms with Gasteiger partial charge in [-0.1, -0.05) is 12.1 Å². The first kappa shape index (κ1) is 13.7. The van der Waals surface area contributed by atoms with Crippen molar-refractivity contribution >= 4 is 11.8 Å². The number of rotatable bonds is 4. The van der Waals surface area contributed by atoms with Crippen LogP contribution in [0.1, 0.15) is 25.8 Å². The number of hydrogen-bond donors (Lipinski definition) is 1. The second kappa shape index (κ2) is 5.48. The molecule has 1 unspecified atom stereocenters. The minimum atomic E-state index is -0.472. The number of halogens is 1. The summed E-state index contributed by atoms with van der Waals surface area (Å²) < 4.78 is 12.8. The van der Waals surface area contributed by atoms with Crippen LogP contribution in [0.4, 0.5) is 4.39 Å². The number of carbonyl (C=O) groups is 2. The van der Waals surface area contributed by atoms with Gasteiger partial charge in [0.25, 0.3) is 0 Å². The van der Waals surface area contributed by atoms with Gasteiger partial charge in [0.1, 0.15) is 5.82 Å². The standard InChI is InChI=1S/C14H17FN2O2/c1-9(2)17-13(18)7-12(14(17)19)16-8-10-3-5-11(15)6-4-10/h3-6,9,12,16H,7-8H2,1-2H3. The third-order valence-corrected chi connectivity index (χ3v) is 3.17. The van der Waals surface area contributed by atoms with Gasteiger partial charge >= 0.3 is 0 Å². The molecule has 19 heavy (non-hydrogen) atoms. The van der Waals surface area contributed by atoms with Crippen molar-refractivity contribution in [2.75, 3.05) is 0 Å². The van der Waals surface area contributed by atoms with E-state index in [1.165, 1.54) is 17.0 Å². The van der Waals surface area contributed by atoms with Crippen LogP contribution >= 0.6 is 0 Å². The number of nitrogens with zero attached hydrogens (tertiary/aromatic N) is 1. The second-order valence-corrected chi connectivity index (χ2v) is 4.96. The number of likely N-dealkylation sites (tertiary alicyclic amines) is 1. The number of carbonyl (C=O) groups excluding carboxylic acids is 2. The van der Waals surface area contributed by atoms with Gasteiger partial charge in [-0.15, -0.1) is 0 Å². The molecule has 2 rings (SSSR count). The summed E-state index contributed by atoms with van der Waals surface area (Å²) in [6.07, 6.45) is 0.193. The molecule has 1 aromatic carbocycles. The van der Waals surface area contributed by atoms with E-state index in [1.807, 2.05) is 13.8 Å². The Hall–Kier alpha value is -1.75. The fourth-order valence-corrected chi connectivity index (χ4v) is 2.20. The van der Waals surface area contributed by atoms with Crippen molar-refractivity contribution in [2.45, 2.75) is 38.9 Å². The van der Waals surface area contributed by atoms with E-state index in [0.29, 0.717) is 6.54 Å². The first-order valence-corrected chi connectivity index (χ1v) is 6.32. The van der Waals surface area contributed by atoms with E-state index >= 15 is 0 Å². The Morgan fingerprint density at radius 2 is 1.95 bits per heavy atom. The number of benzene rings is 1. The molecule has 0 bridgehead atoms. The van der Waals surface area contributed by atoms with E-state index in [-0.39, 0.29) is 30.1 Å². The fourth-order valence-electron chi connectivity index (χ4n) is 2.20. The van der Waals surface area contributed by atoms with E-state index in [2.05, 4.69) is 5.32 Å². The molecule has 102 valence electrons. The average Bonchev–Trinajstić information content (AvgIpc) is 2.63. The highest BCUT2D eigenvalue weighted by molar-refractivity contribution is 6.05. The number of amides is 2. The first-order valence-electron chi connectivity index (χ1n) is 6.32. The molecule has 0 aromatic heterocycles. The maximum absolute atomic E-state index is 12.8. The number of hydrogen-bond acceptors (Lipinski definition) is 3. The predicted octanol–water partition coefficient (Wildman–Crippen LogP) is 1.45. The Labute approximate surface area is 111 Å². The molecule has 1 fully saturated rings. The summed E-state index contributed by atoms with van der Waals surface area (Å²) in [5.74, 6) is -0.611. The Bertz CT molecular complexity index is 485. The van der Waals surface area contributed by atoms with Crippen molar-refractivity contribution in [2.24, 2.45) is 0 Å². The third-order valence-electron chi connectivity index (χ3n) is 3.17. The lowest BCUT2D eigenvalue weighted by atomic mass is 10.2. The van der Waals surface area contributed by atoms with Gasteiger partial charge in [-0.05, 0) is 31.5 Å². The van der Waals surface area contributed by atoms with Crippen LogP contribution < -0.4 is 5.32 Å². The van der Waals surface area contributed by atoms with Gasteiger partial charge < -0.3 is 5.32 Å².